The van der Waals surface area contributed by atoms with Gasteiger partial charge in [0, 0.05) is 24.3 Å². The normalized spacial score (nSPS) is 12.7. The number of nitrogens with zero attached hydrogens (tertiary/aromatic N) is 3. The van der Waals surface area contributed by atoms with Crippen LogP contribution in [-0.4, -0.2) is 42.7 Å². The second-order valence-corrected chi connectivity index (χ2v) is 4.72. The van der Waals surface area contributed by atoms with Gasteiger partial charge in [0.15, 0.2) is 0 Å². The largest absolute Gasteiger partial charge is 0.478 e. The molecule has 0 saturated heterocycles. The molecule has 5 nitrogen and oxygen atoms in total. The van der Waals surface area contributed by atoms with E-state index in [1.807, 2.05) is 0 Å². The van der Waals surface area contributed by atoms with Crippen molar-refractivity contribution in [3.63, 3.8) is 0 Å². The fraction of sp³-hybridized carbons (Fsp3) is 0.333. The Morgan fingerprint density at radius 2 is 2.09 bits per heavy atom. The summed E-state index contributed by atoms with van der Waals surface area (Å²) in [6.07, 6.45) is -2.87. The Kier molecular flexibility index (Phi) is 5.05. The molecule has 1 aromatic heterocycles. The second-order valence-electron chi connectivity index (χ2n) is 4.72. The molecule has 0 N–H and O–H groups in total. The zero-order chi connectivity index (χ0) is 17.0. The number of aliphatic imine (C=N–C) groups is 1. The molecule has 8 heteroatoms. The Morgan fingerprint density at radius 1 is 1.35 bits per heavy atom. The average Bonchev–Trinajstić information content (AvgIpc) is 2.90. The predicted molar refractivity (Wildman–Crippen MR) is 81.1 cm³/mol. The standard InChI is InChI=1S/C15H16F3N3O2/c1-10(19-14(23-3)15(16,17)18)11-4-5-13-12(8-11)9-21(20-13)6-7-22-2/h4-5,8-9H,1,6-7H2,2-3H3. The third kappa shape index (κ3) is 4.10. The summed E-state index contributed by atoms with van der Waals surface area (Å²) in [6, 6.07) is 5.00. The summed E-state index contributed by atoms with van der Waals surface area (Å²) >= 11 is 0. The van der Waals surface area contributed by atoms with Gasteiger partial charge in [0.05, 0.1) is 31.5 Å². The van der Waals surface area contributed by atoms with Crippen molar-refractivity contribution in [1.82, 2.24) is 9.78 Å². The summed E-state index contributed by atoms with van der Waals surface area (Å²) in [5.41, 5.74) is 1.15. The number of benzene rings is 1. The van der Waals surface area contributed by atoms with Gasteiger partial charge in [-0.1, -0.05) is 12.6 Å². The summed E-state index contributed by atoms with van der Waals surface area (Å²) < 4.78 is 48.9. The number of halogens is 3. The zero-order valence-corrected chi connectivity index (χ0v) is 12.7. The Labute approximate surface area is 131 Å². The van der Waals surface area contributed by atoms with Crippen LogP contribution in [-0.2, 0) is 16.0 Å². The lowest BCUT2D eigenvalue weighted by atomic mass is 10.1. The highest BCUT2D eigenvalue weighted by Gasteiger charge is 2.37. The van der Waals surface area contributed by atoms with Crippen molar-refractivity contribution >= 4 is 22.5 Å². The maximum absolute atomic E-state index is 12.6. The smallest absolute Gasteiger partial charge is 0.468 e. The van der Waals surface area contributed by atoms with Gasteiger partial charge >= 0.3 is 6.18 Å². The molecule has 23 heavy (non-hydrogen) atoms. The number of rotatable bonds is 5. The van der Waals surface area contributed by atoms with Crippen molar-refractivity contribution in [1.29, 1.82) is 0 Å². The van der Waals surface area contributed by atoms with Crippen LogP contribution in [0.3, 0.4) is 0 Å². The predicted octanol–water partition coefficient (Wildman–Crippen LogP) is 3.26. The number of aromatic nitrogens is 2. The summed E-state index contributed by atoms with van der Waals surface area (Å²) in [4.78, 5) is 3.43. The molecule has 0 fully saturated rings. The van der Waals surface area contributed by atoms with E-state index < -0.39 is 12.1 Å². The maximum atomic E-state index is 12.6. The number of hydrogen-bond donors (Lipinski definition) is 0. The molecular formula is C15H16F3N3O2. The van der Waals surface area contributed by atoms with Gasteiger partial charge in [-0.3, -0.25) is 4.68 Å². The van der Waals surface area contributed by atoms with Crippen LogP contribution in [0.25, 0.3) is 16.6 Å². The minimum Gasteiger partial charge on any atom is -0.478 e. The Bertz CT molecular complexity index is 735. The first kappa shape index (κ1) is 17.0. The monoisotopic (exact) mass is 327 g/mol. The molecule has 0 spiro atoms. The lowest BCUT2D eigenvalue weighted by Gasteiger charge is -2.09. The molecule has 124 valence electrons. The van der Waals surface area contributed by atoms with Crippen molar-refractivity contribution in [2.24, 2.45) is 4.99 Å². The van der Waals surface area contributed by atoms with Gasteiger partial charge < -0.3 is 9.47 Å². The van der Waals surface area contributed by atoms with Crippen LogP contribution in [0, 0.1) is 0 Å². The number of methoxy groups -OCH3 is 2. The molecule has 0 unspecified atom stereocenters. The molecule has 0 radical (unpaired) electrons. The first-order chi connectivity index (χ1) is 10.8. The van der Waals surface area contributed by atoms with Crippen molar-refractivity contribution in [3.05, 3.63) is 36.5 Å². The maximum Gasteiger partial charge on any atom is 0.468 e. The van der Waals surface area contributed by atoms with E-state index in [1.165, 1.54) is 0 Å². The molecule has 0 amide bonds. The lowest BCUT2D eigenvalue weighted by molar-refractivity contribution is -0.0754. The van der Waals surface area contributed by atoms with Crippen LogP contribution in [0.4, 0.5) is 13.2 Å². The molecule has 0 atom stereocenters. The third-order valence-corrected chi connectivity index (χ3v) is 3.08. The zero-order valence-electron chi connectivity index (χ0n) is 12.7. The van der Waals surface area contributed by atoms with E-state index in [1.54, 1.807) is 36.2 Å². The molecule has 0 aliphatic carbocycles. The van der Waals surface area contributed by atoms with E-state index in [4.69, 9.17) is 4.74 Å². The average molecular weight is 327 g/mol. The van der Waals surface area contributed by atoms with Gasteiger partial charge in [-0.05, 0) is 12.1 Å². The SMILES string of the molecule is C=C(N=C(OC)C(F)(F)F)c1ccc2nn(CCOC)cc2c1. The first-order valence-electron chi connectivity index (χ1n) is 6.70. The highest BCUT2D eigenvalue weighted by atomic mass is 19.4. The number of ether oxygens (including phenoxy) is 2. The molecule has 2 rings (SSSR count). The van der Waals surface area contributed by atoms with Crippen molar-refractivity contribution < 1.29 is 22.6 Å². The van der Waals surface area contributed by atoms with E-state index in [0.29, 0.717) is 18.7 Å². The Hall–Kier alpha value is -2.35. The quantitative estimate of drug-likeness (QED) is 0.625. The number of alkyl halides is 3. The van der Waals surface area contributed by atoms with E-state index in [9.17, 15) is 13.2 Å². The first-order valence-corrected chi connectivity index (χ1v) is 6.70. The molecule has 0 saturated carbocycles. The van der Waals surface area contributed by atoms with Crippen molar-refractivity contribution in [3.8, 4) is 0 Å². The third-order valence-electron chi connectivity index (χ3n) is 3.08. The minimum absolute atomic E-state index is 0.0364. The topological polar surface area (TPSA) is 48.6 Å². The summed E-state index contributed by atoms with van der Waals surface area (Å²) in [5, 5.41) is 5.11. The highest BCUT2D eigenvalue weighted by Crippen LogP contribution is 2.24. The van der Waals surface area contributed by atoms with Crippen LogP contribution in [0.1, 0.15) is 5.56 Å². The van der Waals surface area contributed by atoms with Crippen LogP contribution in [0.2, 0.25) is 0 Å². The fourth-order valence-electron chi connectivity index (χ4n) is 1.97. The van der Waals surface area contributed by atoms with E-state index >= 15 is 0 Å². The van der Waals surface area contributed by atoms with Gasteiger partial charge in [-0.15, -0.1) is 0 Å². The fourth-order valence-corrected chi connectivity index (χ4v) is 1.97. The molecule has 1 heterocycles. The molecule has 1 aromatic carbocycles. The second kappa shape index (κ2) is 6.82. The van der Waals surface area contributed by atoms with Crippen LogP contribution in [0.15, 0.2) is 36.0 Å². The minimum atomic E-state index is -4.66. The molecule has 0 aliphatic heterocycles. The molecule has 2 aromatic rings. The van der Waals surface area contributed by atoms with Gasteiger partial charge in [0.25, 0.3) is 5.90 Å². The van der Waals surface area contributed by atoms with Gasteiger partial charge in [-0.2, -0.15) is 18.3 Å². The number of fused-ring (bicyclic) bond motifs is 1. The summed E-state index contributed by atoms with van der Waals surface area (Å²) in [7, 11) is 2.51. The van der Waals surface area contributed by atoms with Gasteiger partial charge in [-0.25, -0.2) is 4.99 Å². The number of hydrogen-bond acceptors (Lipinski definition) is 4. The molecule has 0 bridgehead atoms. The van der Waals surface area contributed by atoms with Gasteiger partial charge in [0.1, 0.15) is 0 Å². The Morgan fingerprint density at radius 3 is 2.70 bits per heavy atom. The van der Waals surface area contributed by atoms with Gasteiger partial charge in [0.2, 0.25) is 0 Å². The highest BCUT2D eigenvalue weighted by molar-refractivity contribution is 5.89. The van der Waals surface area contributed by atoms with E-state index in [0.717, 1.165) is 18.0 Å². The van der Waals surface area contributed by atoms with Crippen LogP contribution in [0.5, 0.6) is 0 Å². The Balaban J connectivity index is 2.29. The van der Waals surface area contributed by atoms with E-state index in [-0.39, 0.29) is 5.70 Å². The van der Waals surface area contributed by atoms with Crippen LogP contribution >= 0.6 is 0 Å². The van der Waals surface area contributed by atoms with Crippen molar-refractivity contribution in [2.75, 3.05) is 20.8 Å². The molecule has 0 aliphatic rings. The summed E-state index contributed by atoms with van der Waals surface area (Å²) in [5.74, 6) is -1.33. The van der Waals surface area contributed by atoms with E-state index in [2.05, 4.69) is 21.4 Å². The molecular weight excluding hydrogens is 311 g/mol. The van der Waals surface area contributed by atoms with Crippen molar-refractivity contribution in [2.45, 2.75) is 12.7 Å². The lowest BCUT2D eigenvalue weighted by Crippen LogP contribution is -2.24. The van der Waals surface area contributed by atoms with Crippen LogP contribution < -0.4 is 0 Å². The summed E-state index contributed by atoms with van der Waals surface area (Å²) in [6.45, 7) is 4.67.